The Bertz CT molecular complexity index is 1780. The number of hydrogen-bond donors (Lipinski definition) is 1. The van der Waals surface area contributed by atoms with E-state index in [2.05, 4.69) is 135 Å². The molecular formula is C74H126NO8+. The average Bonchev–Trinajstić information content (AvgIpc) is 3.46. The van der Waals surface area contributed by atoms with Crippen molar-refractivity contribution >= 4 is 17.9 Å². The van der Waals surface area contributed by atoms with Crippen LogP contribution in [0.2, 0.25) is 0 Å². The molecule has 0 aromatic rings. The van der Waals surface area contributed by atoms with Gasteiger partial charge in [0.1, 0.15) is 13.2 Å². The standard InChI is InChI=1S/C74H125NO8/c1-6-8-10-12-14-16-18-20-22-24-26-28-30-32-34-35-36-37-39-40-42-44-46-48-50-52-54-56-58-60-62-64-71(76)81-68-70(69-82-74(73(78)79)80-67-66-75(3,4)5)83-72(77)65-63-61-59-57-55-53-51-49-47-45-43-41-38-33-31-29-27-25-23-21-19-17-15-13-11-9-7-2/h9,11,15,17-18,20-21,23-24,26-27,29,33,38,43,45,49,51,55,57,70,74H,6-8,10,12-14,16,19,22,25,28,30-32,34-37,39-42,44,46-48,50,52-54,56,58-69H2,1-5H3/p+1/b11-9-,17-15-,20-18-,23-21-,26-24-,29-27-,38-33-,45-43-,51-49-,57-55-. The van der Waals surface area contributed by atoms with E-state index < -0.39 is 24.3 Å². The second kappa shape index (κ2) is 63.7. The van der Waals surface area contributed by atoms with Gasteiger partial charge in [0.25, 0.3) is 6.29 Å². The Kier molecular flexibility index (Phi) is 60.4. The molecule has 0 fully saturated rings. The number of carboxylic acids is 1. The fourth-order valence-electron chi connectivity index (χ4n) is 9.06. The van der Waals surface area contributed by atoms with Gasteiger partial charge in [-0.2, -0.15) is 0 Å². The van der Waals surface area contributed by atoms with E-state index in [9.17, 15) is 19.5 Å². The quantitative estimate of drug-likeness (QED) is 0.0211. The van der Waals surface area contributed by atoms with Gasteiger partial charge in [0.05, 0.1) is 34.4 Å². The summed E-state index contributed by atoms with van der Waals surface area (Å²) in [5.41, 5.74) is 0. The van der Waals surface area contributed by atoms with Crippen LogP contribution < -0.4 is 0 Å². The van der Waals surface area contributed by atoms with Crippen molar-refractivity contribution in [1.29, 1.82) is 0 Å². The molecule has 9 nitrogen and oxygen atoms in total. The van der Waals surface area contributed by atoms with Crippen LogP contribution in [0.5, 0.6) is 0 Å². The number of nitrogens with zero attached hydrogens (tertiary/aromatic N) is 1. The van der Waals surface area contributed by atoms with Gasteiger partial charge in [-0.1, -0.05) is 270 Å². The maximum absolute atomic E-state index is 12.9. The number of allylic oxidation sites excluding steroid dienone is 20. The third-order valence-corrected chi connectivity index (χ3v) is 14.2. The Morgan fingerprint density at radius 2 is 0.687 bits per heavy atom. The SMILES string of the molecule is CC/C=C\C/C=C\C/C=C\C/C=C\C/C=C\C/C=C\C/C=C\C/C=C\CCCCC(=O)OC(COC(=O)CCCCCCCCCCCCCCCCCCCCC/C=C\C/C=C\CCCCCCC)COC(OCC[N+](C)(C)C)C(=O)O. The Morgan fingerprint density at radius 1 is 0.373 bits per heavy atom. The first-order valence-corrected chi connectivity index (χ1v) is 33.7. The minimum atomic E-state index is -1.53. The van der Waals surface area contributed by atoms with Gasteiger partial charge in [-0.25, -0.2) is 4.79 Å². The Labute approximate surface area is 510 Å². The molecule has 1 N–H and O–H groups in total. The lowest BCUT2D eigenvalue weighted by Crippen LogP contribution is -2.40. The zero-order valence-electron chi connectivity index (χ0n) is 54.1. The van der Waals surface area contributed by atoms with Gasteiger partial charge in [0.2, 0.25) is 0 Å². The fraction of sp³-hybridized carbons (Fsp3) is 0.689. The number of hydrogen-bond acceptors (Lipinski definition) is 7. The third kappa shape index (κ3) is 65.1. The van der Waals surface area contributed by atoms with Gasteiger partial charge < -0.3 is 28.5 Å². The zero-order valence-corrected chi connectivity index (χ0v) is 54.1. The lowest BCUT2D eigenvalue weighted by Gasteiger charge is -2.25. The molecule has 0 saturated heterocycles. The number of esters is 2. The molecule has 83 heavy (non-hydrogen) atoms. The minimum Gasteiger partial charge on any atom is -0.477 e. The van der Waals surface area contributed by atoms with E-state index in [1.54, 1.807) is 0 Å². The molecule has 0 aliphatic heterocycles. The average molecular weight is 1160 g/mol. The summed E-state index contributed by atoms with van der Waals surface area (Å²) in [7, 11) is 5.95. The van der Waals surface area contributed by atoms with Crippen molar-refractivity contribution in [2.24, 2.45) is 0 Å². The minimum absolute atomic E-state index is 0.173. The van der Waals surface area contributed by atoms with Crippen LogP contribution in [-0.4, -0.2) is 87.4 Å². The molecule has 0 heterocycles. The Balaban J connectivity index is 4.22. The topological polar surface area (TPSA) is 108 Å². The van der Waals surface area contributed by atoms with Gasteiger partial charge in [0, 0.05) is 12.8 Å². The molecule has 2 atom stereocenters. The van der Waals surface area contributed by atoms with Crippen molar-refractivity contribution in [2.45, 2.75) is 283 Å². The normalized spacial score (nSPS) is 13.5. The van der Waals surface area contributed by atoms with E-state index in [0.29, 0.717) is 17.4 Å². The van der Waals surface area contributed by atoms with Crippen LogP contribution in [0.25, 0.3) is 0 Å². The predicted octanol–water partition coefficient (Wildman–Crippen LogP) is 20.8. The van der Waals surface area contributed by atoms with Crippen LogP contribution in [0.15, 0.2) is 122 Å². The molecule has 474 valence electrons. The van der Waals surface area contributed by atoms with Crippen molar-refractivity contribution in [3.05, 3.63) is 122 Å². The van der Waals surface area contributed by atoms with Crippen molar-refractivity contribution in [1.82, 2.24) is 0 Å². The largest absolute Gasteiger partial charge is 0.477 e. The van der Waals surface area contributed by atoms with E-state index in [0.717, 1.165) is 89.9 Å². The first kappa shape index (κ1) is 78.7. The monoisotopic (exact) mass is 1160 g/mol. The number of unbranched alkanes of at least 4 members (excludes halogenated alkanes) is 26. The van der Waals surface area contributed by atoms with Gasteiger partial charge in [-0.05, 0) is 109 Å². The maximum Gasteiger partial charge on any atom is 0.361 e. The van der Waals surface area contributed by atoms with Gasteiger partial charge >= 0.3 is 17.9 Å². The third-order valence-electron chi connectivity index (χ3n) is 14.2. The highest BCUT2D eigenvalue weighted by Gasteiger charge is 2.25. The molecule has 2 unspecified atom stereocenters. The summed E-state index contributed by atoms with van der Waals surface area (Å²) in [6.45, 7) is 4.71. The number of rotatable bonds is 61. The molecular weight excluding hydrogens is 1030 g/mol. The number of likely N-dealkylation sites (N-methyl/N-ethyl adjacent to an activating group) is 1. The van der Waals surface area contributed by atoms with Crippen molar-refractivity contribution in [2.75, 3.05) is 47.5 Å². The van der Waals surface area contributed by atoms with Crippen LogP contribution >= 0.6 is 0 Å². The molecule has 0 amide bonds. The summed E-state index contributed by atoms with van der Waals surface area (Å²) < 4.78 is 22.9. The number of carboxylic acid groups (broad SMARTS) is 1. The van der Waals surface area contributed by atoms with Crippen LogP contribution in [0.1, 0.15) is 271 Å². The summed E-state index contributed by atoms with van der Waals surface area (Å²) in [6.07, 6.45) is 87.4. The van der Waals surface area contributed by atoms with E-state index in [-0.39, 0.29) is 38.6 Å². The summed E-state index contributed by atoms with van der Waals surface area (Å²) in [5.74, 6) is -2.07. The molecule has 0 aromatic heterocycles. The van der Waals surface area contributed by atoms with Crippen LogP contribution in [-0.2, 0) is 33.3 Å². The van der Waals surface area contributed by atoms with E-state index >= 15 is 0 Å². The van der Waals surface area contributed by atoms with E-state index in [4.69, 9.17) is 18.9 Å². The highest BCUT2D eigenvalue weighted by Crippen LogP contribution is 2.17. The lowest BCUT2D eigenvalue weighted by molar-refractivity contribution is -0.870. The fourth-order valence-corrected chi connectivity index (χ4v) is 9.06. The van der Waals surface area contributed by atoms with Crippen LogP contribution in [0.4, 0.5) is 0 Å². The molecule has 9 heteroatoms. The lowest BCUT2D eigenvalue weighted by atomic mass is 10.0. The number of carbonyl (C=O) groups is 3. The van der Waals surface area contributed by atoms with E-state index in [1.165, 1.54) is 148 Å². The molecule has 0 aliphatic carbocycles. The van der Waals surface area contributed by atoms with Crippen molar-refractivity contribution < 1.29 is 42.9 Å². The van der Waals surface area contributed by atoms with Crippen LogP contribution in [0.3, 0.4) is 0 Å². The Morgan fingerprint density at radius 3 is 1.05 bits per heavy atom. The number of carbonyl (C=O) groups excluding carboxylic acids is 2. The second-order valence-corrected chi connectivity index (χ2v) is 23.4. The van der Waals surface area contributed by atoms with Crippen molar-refractivity contribution in [3.8, 4) is 0 Å². The van der Waals surface area contributed by atoms with Crippen LogP contribution in [0, 0.1) is 0 Å². The van der Waals surface area contributed by atoms with Crippen molar-refractivity contribution in [3.63, 3.8) is 0 Å². The van der Waals surface area contributed by atoms with Gasteiger partial charge in [0.15, 0.2) is 6.10 Å². The first-order chi connectivity index (χ1) is 40.6. The molecule has 0 bridgehead atoms. The predicted molar refractivity (Wildman–Crippen MR) is 354 cm³/mol. The summed E-state index contributed by atoms with van der Waals surface area (Å²) >= 11 is 0. The maximum atomic E-state index is 12.9. The smallest absolute Gasteiger partial charge is 0.361 e. The molecule has 0 aliphatic rings. The highest BCUT2D eigenvalue weighted by atomic mass is 16.7. The summed E-state index contributed by atoms with van der Waals surface area (Å²) in [6, 6.07) is 0. The molecule has 0 radical (unpaired) electrons. The summed E-state index contributed by atoms with van der Waals surface area (Å²) in [5, 5.41) is 9.73. The number of aliphatic carboxylic acids is 1. The summed E-state index contributed by atoms with van der Waals surface area (Å²) in [4.78, 5) is 37.6. The van der Waals surface area contributed by atoms with Gasteiger partial charge in [-0.15, -0.1) is 0 Å². The zero-order chi connectivity index (χ0) is 60.5. The van der Waals surface area contributed by atoms with E-state index in [1.807, 2.05) is 21.1 Å². The first-order valence-electron chi connectivity index (χ1n) is 33.7. The number of quaternary nitrogens is 1. The van der Waals surface area contributed by atoms with Gasteiger partial charge in [-0.3, -0.25) is 9.59 Å². The molecule has 0 aromatic carbocycles. The second-order valence-electron chi connectivity index (χ2n) is 23.4. The molecule has 0 spiro atoms. The molecule has 0 rings (SSSR count). The Hall–Kier alpha value is -4.31. The number of ether oxygens (including phenoxy) is 4. The molecule has 0 saturated carbocycles. The highest BCUT2D eigenvalue weighted by molar-refractivity contribution is 5.71.